The summed E-state index contributed by atoms with van der Waals surface area (Å²) in [6.45, 7) is 3.49. The molecule has 0 fully saturated rings. The number of aromatic nitrogens is 5. The Hall–Kier alpha value is -1.21. The first kappa shape index (κ1) is 13.2. The van der Waals surface area contributed by atoms with E-state index >= 15 is 0 Å². The quantitative estimate of drug-likeness (QED) is 0.898. The lowest BCUT2D eigenvalue weighted by Crippen LogP contribution is -2.07. The predicted molar refractivity (Wildman–Crippen MR) is 72.2 cm³/mol. The van der Waals surface area contributed by atoms with E-state index in [4.69, 9.17) is 0 Å². The van der Waals surface area contributed by atoms with Crippen LogP contribution in [0, 0.1) is 0 Å². The van der Waals surface area contributed by atoms with E-state index in [9.17, 15) is 0 Å². The lowest BCUT2D eigenvalue weighted by molar-refractivity contribution is 0.597. The Morgan fingerprint density at radius 3 is 2.83 bits per heavy atom. The van der Waals surface area contributed by atoms with Crippen molar-refractivity contribution in [2.45, 2.75) is 26.4 Å². The largest absolute Gasteiger partial charge is 0.314 e. The molecule has 0 aliphatic heterocycles. The van der Waals surface area contributed by atoms with E-state index in [0.29, 0.717) is 6.54 Å². The molecule has 0 aliphatic rings. The Morgan fingerprint density at radius 1 is 1.44 bits per heavy atom. The fourth-order valence-electron chi connectivity index (χ4n) is 1.82. The Bertz CT molecular complexity index is 530. The highest BCUT2D eigenvalue weighted by Gasteiger charge is 2.13. The number of hydrogen-bond donors (Lipinski definition) is 1. The van der Waals surface area contributed by atoms with Crippen molar-refractivity contribution in [3.63, 3.8) is 0 Å². The third-order valence-electron chi connectivity index (χ3n) is 2.76. The molecule has 1 N–H and O–H groups in total. The van der Waals surface area contributed by atoms with Crippen LogP contribution in [0.2, 0.25) is 0 Å². The van der Waals surface area contributed by atoms with Crippen LogP contribution in [-0.2, 0) is 26.6 Å². The van der Waals surface area contributed by atoms with Gasteiger partial charge >= 0.3 is 0 Å². The van der Waals surface area contributed by atoms with Crippen molar-refractivity contribution < 1.29 is 0 Å². The molecule has 2 heterocycles. The molecule has 18 heavy (non-hydrogen) atoms. The Kier molecular flexibility index (Phi) is 4.13. The van der Waals surface area contributed by atoms with Crippen LogP contribution in [-0.4, -0.2) is 31.8 Å². The second kappa shape index (κ2) is 5.62. The molecule has 0 spiro atoms. The number of hydrogen-bond acceptors (Lipinski definition) is 4. The molecule has 0 saturated heterocycles. The van der Waals surface area contributed by atoms with Crippen LogP contribution in [0.5, 0.6) is 0 Å². The number of nitrogens with one attached hydrogen (secondary N) is 1. The van der Waals surface area contributed by atoms with E-state index in [0.717, 1.165) is 34.5 Å². The molecule has 0 unspecified atom stereocenters. The van der Waals surface area contributed by atoms with Crippen molar-refractivity contribution in [2.75, 3.05) is 7.05 Å². The molecule has 2 aromatic rings. The molecule has 7 heteroatoms. The van der Waals surface area contributed by atoms with Gasteiger partial charge in [0.2, 0.25) is 0 Å². The fraction of sp³-hybridized carbons (Fsp3) is 0.545. The molecule has 0 saturated carbocycles. The van der Waals surface area contributed by atoms with Crippen molar-refractivity contribution in [1.29, 1.82) is 0 Å². The van der Waals surface area contributed by atoms with Gasteiger partial charge in [-0.2, -0.15) is 5.10 Å². The van der Waals surface area contributed by atoms with Crippen molar-refractivity contribution in [3.05, 3.63) is 27.8 Å². The summed E-state index contributed by atoms with van der Waals surface area (Å²) in [6.07, 6.45) is 2.86. The summed E-state index contributed by atoms with van der Waals surface area (Å²) in [5.74, 6) is 0. The minimum Gasteiger partial charge on any atom is -0.314 e. The summed E-state index contributed by atoms with van der Waals surface area (Å²) in [5.41, 5.74) is 3.11. The molecular formula is C11H17BrN6. The minimum absolute atomic E-state index is 0.667. The van der Waals surface area contributed by atoms with Gasteiger partial charge in [0.05, 0.1) is 34.3 Å². The van der Waals surface area contributed by atoms with Gasteiger partial charge in [0.25, 0.3) is 0 Å². The first-order chi connectivity index (χ1) is 8.65. The normalized spacial score (nSPS) is 11.1. The summed E-state index contributed by atoms with van der Waals surface area (Å²) in [4.78, 5) is 0. The van der Waals surface area contributed by atoms with Gasteiger partial charge in [-0.3, -0.25) is 4.68 Å². The maximum atomic E-state index is 4.46. The zero-order valence-electron chi connectivity index (χ0n) is 10.8. The molecule has 6 nitrogen and oxygen atoms in total. The molecule has 98 valence electrons. The fourth-order valence-corrected chi connectivity index (χ4v) is 2.56. The summed E-state index contributed by atoms with van der Waals surface area (Å²) < 4.78 is 4.79. The lowest BCUT2D eigenvalue weighted by atomic mass is 10.3. The van der Waals surface area contributed by atoms with Crippen molar-refractivity contribution in [3.8, 4) is 0 Å². The Morgan fingerprint density at radius 2 is 2.22 bits per heavy atom. The van der Waals surface area contributed by atoms with Crippen LogP contribution in [0.25, 0.3) is 0 Å². The third kappa shape index (κ3) is 2.62. The van der Waals surface area contributed by atoms with Gasteiger partial charge in [-0.25, -0.2) is 4.68 Å². The van der Waals surface area contributed by atoms with Crippen LogP contribution in [0.1, 0.15) is 24.0 Å². The number of nitrogens with zero attached hydrogens (tertiary/aromatic N) is 5. The first-order valence-corrected chi connectivity index (χ1v) is 6.68. The molecule has 0 bridgehead atoms. The molecule has 2 rings (SSSR count). The van der Waals surface area contributed by atoms with E-state index in [1.54, 1.807) is 0 Å². The lowest BCUT2D eigenvalue weighted by Gasteiger charge is -2.02. The van der Waals surface area contributed by atoms with Gasteiger partial charge in [0.1, 0.15) is 0 Å². The van der Waals surface area contributed by atoms with Crippen molar-refractivity contribution in [1.82, 2.24) is 30.1 Å². The zero-order valence-corrected chi connectivity index (χ0v) is 12.4. The average molecular weight is 313 g/mol. The Balaban J connectivity index is 2.20. The third-order valence-corrected chi connectivity index (χ3v) is 3.67. The predicted octanol–water partition coefficient (Wildman–Crippen LogP) is 1.10. The SMILES string of the molecule is CCc1nn(C)c(Cn2cc(CNC)nn2)c1Br. The molecule has 0 aromatic carbocycles. The molecule has 0 radical (unpaired) electrons. The van der Waals surface area contributed by atoms with E-state index in [2.05, 4.69) is 43.6 Å². The van der Waals surface area contributed by atoms with Crippen LogP contribution in [0.15, 0.2) is 10.7 Å². The highest BCUT2D eigenvalue weighted by molar-refractivity contribution is 9.10. The molecule has 0 atom stereocenters. The number of halogens is 1. The van der Waals surface area contributed by atoms with Crippen molar-refractivity contribution in [2.24, 2.45) is 7.05 Å². The number of rotatable bonds is 5. The number of aryl methyl sites for hydroxylation is 2. The van der Waals surface area contributed by atoms with Gasteiger partial charge < -0.3 is 5.32 Å². The van der Waals surface area contributed by atoms with Crippen molar-refractivity contribution >= 4 is 15.9 Å². The second-order valence-corrected chi connectivity index (χ2v) is 4.92. The van der Waals surface area contributed by atoms with Gasteiger partial charge in [-0.05, 0) is 29.4 Å². The highest BCUT2D eigenvalue weighted by Crippen LogP contribution is 2.22. The van der Waals surface area contributed by atoms with Gasteiger partial charge in [0, 0.05) is 13.6 Å². The summed E-state index contributed by atoms with van der Waals surface area (Å²) in [5, 5.41) is 15.7. The van der Waals surface area contributed by atoms with Crippen LogP contribution < -0.4 is 5.32 Å². The second-order valence-electron chi connectivity index (χ2n) is 4.12. The van der Waals surface area contributed by atoms with E-state index in [-0.39, 0.29) is 0 Å². The molecular weight excluding hydrogens is 296 g/mol. The monoisotopic (exact) mass is 312 g/mol. The van der Waals surface area contributed by atoms with Crippen LogP contribution >= 0.6 is 15.9 Å². The maximum Gasteiger partial charge on any atom is 0.0964 e. The average Bonchev–Trinajstić information content (AvgIpc) is 2.89. The van der Waals surface area contributed by atoms with Crippen LogP contribution in [0.4, 0.5) is 0 Å². The zero-order chi connectivity index (χ0) is 13.1. The topological polar surface area (TPSA) is 60.6 Å². The first-order valence-electron chi connectivity index (χ1n) is 5.89. The summed E-state index contributed by atoms with van der Waals surface area (Å²) in [6, 6.07) is 0. The van der Waals surface area contributed by atoms with Gasteiger partial charge in [-0.1, -0.05) is 12.1 Å². The van der Waals surface area contributed by atoms with Crippen LogP contribution in [0.3, 0.4) is 0 Å². The molecule has 0 amide bonds. The minimum atomic E-state index is 0.667. The van der Waals surface area contributed by atoms with Gasteiger partial charge in [-0.15, -0.1) is 5.10 Å². The standard InChI is InChI=1S/C11H17BrN6/c1-4-9-11(12)10(17(3)15-9)7-18-6-8(5-13-2)14-16-18/h6,13H,4-5,7H2,1-3H3. The maximum absolute atomic E-state index is 4.46. The molecule has 0 aliphatic carbocycles. The smallest absolute Gasteiger partial charge is 0.0964 e. The van der Waals surface area contributed by atoms with Gasteiger partial charge in [0.15, 0.2) is 0 Å². The Labute approximate surface area is 114 Å². The summed E-state index contributed by atoms with van der Waals surface area (Å²) in [7, 11) is 3.84. The van der Waals surface area contributed by atoms with E-state index in [1.165, 1.54) is 0 Å². The highest BCUT2D eigenvalue weighted by atomic mass is 79.9. The van der Waals surface area contributed by atoms with E-state index in [1.807, 2.05) is 29.7 Å². The van der Waals surface area contributed by atoms with E-state index < -0.39 is 0 Å². The molecule has 2 aromatic heterocycles. The summed E-state index contributed by atoms with van der Waals surface area (Å²) >= 11 is 3.60.